The van der Waals surface area contributed by atoms with Crippen LogP contribution in [-0.4, -0.2) is 38.6 Å². The highest BCUT2D eigenvalue weighted by Gasteiger charge is 2.25. The van der Waals surface area contributed by atoms with Gasteiger partial charge in [0, 0.05) is 10.6 Å². The number of aryl methyl sites for hydroxylation is 1. The molecule has 4 rings (SSSR count). The van der Waals surface area contributed by atoms with Crippen molar-refractivity contribution >= 4 is 27.9 Å². The average Bonchev–Trinajstić information content (AvgIpc) is 2.88. The quantitative estimate of drug-likeness (QED) is 0.781. The molecule has 1 saturated heterocycles. The van der Waals surface area contributed by atoms with Gasteiger partial charge in [-0.2, -0.15) is 5.26 Å². The molecule has 0 bridgehead atoms. The Morgan fingerprint density at radius 1 is 1.14 bits per heavy atom. The molecule has 2 N–H and O–H groups in total. The number of rotatable bonds is 4. The van der Waals surface area contributed by atoms with Gasteiger partial charge in [0.25, 0.3) is 5.91 Å². The number of hydrogen-bond donors (Lipinski definition) is 2. The second-order valence-corrected chi connectivity index (χ2v) is 8.78. The Morgan fingerprint density at radius 2 is 1.89 bits per heavy atom. The maximum Gasteiger partial charge on any atom is 0.280 e. The Balaban J connectivity index is 1.34. The summed E-state index contributed by atoms with van der Waals surface area (Å²) in [5, 5.41) is 13.4. The maximum atomic E-state index is 12.6. The second kappa shape index (κ2) is 8.76. The van der Waals surface area contributed by atoms with E-state index >= 15 is 0 Å². The lowest BCUT2D eigenvalue weighted by molar-refractivity contribution is -0.892. The molecular formula is C22H27N4OS+. The minimum Gasteiger partial charge on any atom is -0.360 e. The van der Waals surface area contributed by atoms with Gasteiger partial charge in [0.1, 0.15) is 11.1 Å². The van der Waals surface area contributed by atoms with Crippen molar-refractivity contribution in [3.05, 3.63) is 46.3 Å². The zero-order chi connectivity index (χ0) is 19.3. The summed E-state index contributed by atoms with van der Waals surface area (Å²) in [4.78, 5) is 17.6. The van der Waals surface area contributed by atoms with Gasteiger partial charge >= 0.3 is 0 Å². The van der Waals surface area contributed by atoms with Gasteiger partial charge in [-0.1, -0.05) is 24.6 Å². The van der Waals surface area contributed by atoms with Crippen molar-refractivity contribution in [2.45, 2.75) is 32.1 Å². The molecule has 0 radical (unpaired) electrons. The fourth-order valence-corrected chi connectivity index (χ4v) is 5.50. The highest BCUT2D eigenvalue weighted by atomic mass is 32.1. The van der Waals surface area contributed by atoms with E-state index in [1.54, 1.807) is 11.3 Å². The topological polar surface area (TPSA) is 60.6 Å². The van der Waals surface area contributed by atoms with E-state index in [1.165, 1.54) is 33.9 Å². The van der Waals surface area contributed by atoms with Crippen LogP contribution >= 0.6 is 11.3 Å². The van der Waals surface area contributed by atoms with Crippen LogP contribution < -0.4 is 15.1 Å². The third kappa shape index (κ3) is 4.21. The van der Waals surface area contributed by atoms with E-state index in [4.69, 9.17) is 0 Å². The van der Waals surface area contributed by atoms with Crippen molar-refractivity contribution in [1.82, 2.24) is 0 Å². The third-order valence-corrected chi connectivity index (χ3v) is 7.00. The average molecular weight is 396 g/mol. The van der Waals surface area contributed by atoms with Crippen LogP contribution in [0.1, 0.15) is 35.3 Å². The molecular weight excluding hydrogens is 368 g/mol. The summed E-state index contributed by atoms with van der Waals surface area (Å²) >= 11 is 1.62. The van der Waals surface area contributed by atoms with Crippen molar-refractivity contribution in [3.63, 3.8) is 0 Å². The van der Waals surface area contributed by atoms with Crippen LogP contribution in [0, 0.1) is 11.3 Å². The minimum atomic E-state index is 0.0241. The van der Waals surface area contributed by atoms with Gasteiger partial charge in [0.05, 0.1) is 31.7 Å². The number of carbonyl (C=O) groups excluding carboxylic acids is 1. The molecule has 146 valence electrons. The SMILES string of the molecule is N#Cc1c(NC(=O)C[NH+]2CCN(c3ccccc3)CC2)sc2c1CCCCC2. The molecule has 0 spiro atoms. The first-order chi connectivity index (χ1) is 13.7. The van der Waals surface area contributed by atoms with Crippen molar-refractivity contribution in [2.24, 2.45) is 0 Å². The minimum absolute atomic E-state index is 0.0241. The monoisotopic (exact) mass is 395 g/mol. The molecule has 2 aromatic rings. The maximum absolute atomic E-state index is 12.6. The second-order valence-electron chi connectivity index (χ2n) is 7.68. The number of fused-ring (bicyclic) bond motifs is 1. The predicted octanol–water partition coefficient (Wildman–Crippen LogP) is 2.23. The first kappa shape index (κ1) is 19.0. The number of hydrogen-bond acceptors (Lipinski definition) is 4. The number of thiophene rings is 1. The summed E-state index contributed by atoms with van der Waals surface area (Å²) in [5.41, 5.74) is 3.15. The van der Waals surface area contributed by atoms with Gasteiger partial charge in [-0.15, -0.1) is 11.3 Å². The Kier molecular flexibility index (Phi) is 5.94. The van der Waals surface area contributed by atoms with E-state index < -0.39 is 0 Å². The molecule has 2 aliphatic rings. The van der Waals surface area contributed by atoms with E-state index in [1.807, 2.05) is 6.07 Å². The van der Waals surface area contributed by atoms with Crippen molar-refractivity contribution < 1.29 is 9.69 Å². The largest absolute Gasteiger partial charge is 0.360 e. The van der Waals surface area contributed by atoms with Crippen LogP contribution in [0.5, 0.6) is 0 Å². The lowest BCUT2D eigenvalue weighted by Gasteiger charge is -2.33. The summed E-state index contributed by atoms with van der Waals surface area (Å²) in [6, 6.07) is 12.8. The number of anilines is 2. The standard InChI is InChI=1S/C22H26N4OS/c23-15-19-18-9-5-2-6-10-20(18)28-22(19)24-21(27)16-25-11-13-26(14-12-25)17-7-3-1-4-8-17/h1,3-4,7-8H,2,5-6,9-14,16H2,(H,24,27)/p+1. The van der Waals surface area contributed by atoms with Gasteiger partial charge in [0.15, 0.2) is 6.54 Å². The number of nitriles is 1. The normalized spacial score (nSPS) is 17.5. The van der Waals surface area contributed by atoms with Crippen molar-refractivity contribution in [3.8, 4) is 6.07 Å². The zero-order valence-electron chi connectivity index (χ0n) is 16.2. The van der Waals surface area contributed by atoms with E-state index in [0.717, 1.165) is 50.4 Å². The summed E-state index contributed by atoms with van der Waals surface area (Å²) in [5.74, 6) is 0.0241. The van der Waals surface area contributed by atoms with Crippen LogP contribution in [0.25, 0.3) is 0 Å². The summed E-state index contributed by atoms with van der Waals surface area (Å²) < 4.78 is 0. The molecule has 5 nitrogen and oxygen atoms in total. The van der Waals surface area contributed by atoms with Crippen LogP contribution in [0.2, 0.25) is 0 Å². The molecule has 6 heteroatoms. The number of amides is 1. The molecule has 1 amide bonds. The van der Waals surface area contributed by atoms with Crippen molar-refractivity contribution in [2.75, 3.05) is 42.9 Å². The molecule has 28 heavy (non-hydrogen) atoms. The zero-order valence-corrected chi connectivity index (χ0v) is 17.0. The number of quaternary nitrogens is 1. The Hall–Kier alpha value is -2.36. The van der Waals surface area contributed by atoms with Gasteiger partial charge in [-0.05, 0) is 43.4 Å². The molecule has 1 aliphatic heterocycles. The molecule has 1 aliphatic carbocycles. The fraction of sp³-hybridized carbons (Fsp3) is 0.455. The predicted molar refractivity (Wildman–Crippen MR) is 113 cm³/mol. The number of piperazine rings is 1. The van der Waals surface area contributed by atoms with E-state index in [-0.39, 0.29) is 5.91 Å². The molecule has 0 saturated carbocycles. The molecule has 0 unspecified atom stereocenters. The van der Waals surface area contributed by atoms with Gasteiger partial charge in [0.2, 0.25) is 0 Å². The van der Waals surface area contributed by atoms with Gasteiger partial charge < -0.3 is 15.1 Å². The first-order valence-corrected chi connectivity index (χ1v) is 11.0. The van der Waals surface area contributed by atoms with Crippen molar-refractivity contribution in [1.29, 1.82) is 5.26 Å². The van der Waals surface area contributed by atoms with Crippen LogP contribution in [0.3, 0.4) is 0 Å². The summed E-state index contributed by atoms with van der Waals surface area (Å²) in [6.07, 6.45) is 5.56. The van der Waals surface area contributed by atoms with Crippen LogP contribution in [0.4, 0.5) is 10.7 Å². The lowest BCUT2D eigenvalue weighted by Crippen LogP contribution is -3.15. The van der Waals surface area contributed by atoms with E-state index in [0.29, 0.717) is 12.1 Å². The first-order valence-electron chi connectivity index (χ1n) is 10.2. The number of nitrogens with zero attached hydrogens (tertiary/aromatic N) is 2. The third-order valence-electron chi connectivity index (χ3n) is 5.79. The molecule has 1 fully saturated rings. The van der Waals surface area contributed by atoms with Gasteiger partial charge in [-0.3, -0.25) is 4.79 Å². The summed E-state index contributed by atoms with van der Waals surface area (Å²) in [7, 11) is 0. The number of para-hydroxylation sites is 1. The molecule has 1 aromatic carbocycles. The smallest absolute Gasteiger partial charge is 0.280 e. The van der Waals surface area contributed by atoms with Crippen LogP contribution in [-0.2, 0) is 17.6 Å². The fourth-order valence-electron chi connectivity index (χ4n) is 4.24. The highest BCUT2D eigenvalue weighted by Crippen LogP contribution is 2.36. The van der Waals surface area contributed by atoms with E-state index in [2.05, 4.69) is 40.6 Å². The Morgan fingerprint density at radius 3 is 2.64 bits per heavy atom. The van der Waals surface area contributed by atoms with Crippen LogP contribution in [0.15, 0.2) is 30.3 Å². The Bertz CT molecular complexity index is 863. The molecule has 0 atom stereocenters. The molecule has 1 aromatic heterocycles. The van der Waals surface area contributed by atoms with Gasteiger partial charge in [-0.25, -0.2) is 0 Å². The molecule has 2 heterocycles. The lowest BCUT2D eigenvalue weighted by atomic mass is 10.1. The number of benzene rings is 1. The number of nitrogens with one attached hydrogen (secondary N) is 2. The Labute approximate surface area is 170 Å². The highest BCUT2D eigenvalue weighted by molar-refractivity contribution is 7.16. The van der Waals surface area contributed by atoms with E-state index in [9.17, 15) is 10.1 Å². The number of carbonyl (C=O) groups is 1. The summed E-state index contributed by atoms with van der Waals surface area (Å²) in [6.45, 7) is 4.30.